The highest BCUT2D eigenvalue weighted by molar-refractivity contribution is 7.80. The molecule has 2 rings (SSSR count). The number of benzene rings is 2. The van der Waals surface area contributed by atoms with Crippen molar-refractivity contribution in [3.05, 3.63) is 64.2 Å². The molecule has 0 heterocycles. The fraction of sp³-hybridized carbons (Fsp3) is 0.188. The molecule has 0 saturated heterocycles. The molecule has 23 heavy (non-hydrogen) atoms. The van der Waals surface area contributed by atoms with Crippen LogP contribution >= 0.6 is 12.2 Å². The molecule has 2 aromatic carbocycles. The number of methoxy groups -OCH3 is 1. The van der Waals surface area contributed by atoms with Gasteiger partial charge in [-0.05, 0) is 42.9 Å². The first-order valence-electron chi connectivity index (χ1n) is 6.95. The van der Waals surface area contributed by atoms with E-state index in [1.165, 1.54) is 12.1 Å². The molecule has 0 fully saturated rings. The Kier molecular flexibility index (Phi) is 5.48. The van der Waals surface area contributed by atoms with Gasteiger partial charge in [-0.1, -0.05) is 18.2 Å². The summed E-state index contributed by atoms with van der Waals surface area (Å²) in [6.45, 7) is 1.98. The molecule has 0 aliphatic heterocycles. The number of rotatable bonds is 5. The van der Waals surface area contributed by atoms with E-state index in [0.29, 0.717) is 10.8 Å². The van der Waals surface area contributed by atoms with Crippen LogP contribution < -0.4 is 15.4 Å². The van der Waals surface area contributed by atoms with Gasteiger partial charge in [0.15, 0.2) is 5.11 Å². The Hall–Kier alpha value is -2.67. The van der Waals surface area contributed by atoms with Gasteiger partial charge in [0.25, 0.3) is 5.69 Å². The van der Waals surface area contributed by atoms with Crippen LogP contribution in [0.2, 0.25) is 0 Å². The van der Waals surface area contributed by atoms with Gasteiger partial charge in [0.2, 0.25) is 0 Å². The monoisotopic (exact) mass is 331 g/mol. The van der Waals surface area contributed by atoms with E-state index in [2.05, 4.69) is 10.6 Å². The summed E-state index contributed by atoms with van der Waals surface area (Å²) in [7, 11) is 1.62. The van der Waals surface area contributed by atoms with Gasteiger partial charge in [0.1, 0.15) is 5.75 Å². The molecule has 0 amide bonds. The van der Waals surface area contributed by atoms with Crippen LogP contribution in [0.15, 0.2) is 48.5 Å². The summed E-state index contributed by atoms with van der Waals surface area (Å²) >= 11 is 5.25. The van der Waals surface area contributed by atoms with Crippen molar-refractivity contribution in [2.24, 2.45) is 0 Å². The van der Waals surface area contributed by atoms with E-state index >= 15 is 0 Å². The third-order valence-electron chi connectivity index (χ3n) is 3.28. The molecule has 120 valence electrons. The zero-order valence-corrected chi connectivity index (χ0v) is 13.6. The van der Waals surface area contributed by atoms with Gasteiger partial charge in [-0.3, -0.25) is 10.1 Å². The average molecular weight is 331 g/mol. The van der Waals surface area contributed by atoms with E-state index in [9.17, 15) is 10.1 Å². The van der Waals surface area contributed by atoms with Crippen LogP contribution in [0.4, 0.5) is 11.4 Å². The van der Waals surface area contributed by atoms with Crippen molar-refractivity contribution in [3.63, 3.8) is 0 Å². The summed E-state index contributed by atoms with van der Waals surface area (Å²) in [5, 5.41) is 17.3. The normalized spacial score (nSPS) is 11.4. The number of non-ortho nitro benzene ring substituents is 1. The summed E-state index contributed by atoms with van der Waals surface area (Å²) in [5.74, 6) is 0.790. The van der Waals surface area contributed by atoms with Crippen LogP contribution in [0, 0.1) is 10.1 Å². The van der Waals surface area contributed by atoms with E-state index in [1.807, 2.05) is 31.2 Å². The van der Waals surface area contributed by atoms with Crippen LogP contribution in [0.25, 0.3) is 0 Å². The number of ether oxygens (including phenoxy) is 1. The molecule has 0 aliphatic carbocycles. The fourth-order valence-electron chi connectivity index (χ4n) is 2.04. The summed E-state index contributed by atoms with van der Waals surface area (Å²) in [5.41, 5.74) is 1.63. The first-order chi connectivity index (χ1) is 11.0. The quantitative estimate of drug-likeness (QED) is 0.495. The van der Waals surface area contributed by atoms with Gasteiger partial charge < -0.3 is 15.4 Å². The number of nitrogens with zero attached hydrogens (tertiary/aromatic N) is 1. The predicted octanol–water partition coefficient (Wildman–Crippen LogP) is 3.65. The van der Waals surface area contributed by atoms with E-state index in [1.54, 1.807) is 19.2 Å². The van der Waals surface area contributed by atoms with Gasteiger partial charge in [-0.25, -0.2) is 0 Å². The molecular weight excluding hydrogens is 314 g/mol. The minimum atomic E-state index is -0.443. The van der Waals surface area contributed by atoms with Crippen molar-refractivity contribution in [2.75, 3.05) is 12.4 Å². The molecule has 0 spiro atoms. The van der Waals surface area contributed by atoms with Gasteiger partial charge in [0, 0.05) is 17.8 Å². The average Bonchev–Trinajstić information content (AvgIpc) is 2.55. The molecule has 6 nitrogen and oxygen atoms in total. The summed E-state index contributed by atoms with van der Waals surface area (Å²) in [4.78, 5) is 10.3. The largest absolute Gasteiger partial charge is 0.497 e. The highest BCUT2D eigenvalue weighted by Gasteiger charge is 2.09. The Morgan fingerprint density at radius 1 is 1.26 bits per heavy atom. The lowest BCUT2D eigenvalue weighted by Crippen LogP contribution is -2.30. The second-order valence-corrected chi connectivity index (χ2v) is 5.31. The summed E-state index contributed by atoms with van der Waals surface area (Å²) in [6.07, 6.45) is 0. The minimum Gasteiger partial charge on any atom is -0.497 e. The molecule has 1 atom stereocenters. The zero-order chi connectivity index (χ0) is 16.8. The predicted molar refractivity (Wildman–Crippen MR) is 93.9 cm³/mol. The van der Waals surface area contributed by atoms with Crippen LogP contribution in [0.1, 0.15) is 18.5 Å². The SMILES string of the molecule is COc1ccc(C(C)NC(=S)Nc2cccc([N+](=O)[O-])c2)cc1. The minimum absolute atomic E-state index is 0.0143. The number of hydrogen-bond acceptors (Lipinski definition) is 4. The molecule has 0 radical (unpaired) electrons. The smallest absolute Gasteiger partial charge is 0.271 e. The number of nitro groups is 1. The summed E-state index contributed by atoms with van der Waals surface area (Å²) in [6, 6.07) is 13.8. The Morgan fingerprint density at radius 3 is 2.57 bits per heavy atom. The molecule has 0 bridgehead atoms. The van der Waals surface area contributed by atoms with Gasteiger partial charge in [-0.2, -0.15) is 0 Å². The maximum Gasteiger partial charge on any atom is 0.271 e. The molecule has 0 saturated carbocycles. The fourth-order valence-corrected chi connectivity index (χ4v) is 2.33. The van der Waals surface area contributed by atoms with Crippen LogP contribution in [0.3, 0.4) is 0 Å². The third-order valence-corrected chi connectivity index (χ3v) is 3.50. The first-order valence-corrected chi connectivity index (χ1v) is 7.36. The van der Waals surface area contributed by atoms with Crippen molar-refractivity contribution in [1.82, 2.24) is 5.32 Å². The summed E-state index contributed by atoms with van der Waals surface area (Å²) < 4.78 is 5.13. The van der Waals surface area contributed by atoms with E-state index < -0.39 is 4.92 Å². The number of nitro benzene ring substituents is 1. The Bertz CT molecular complexity index is 704. The Balaban J connectivity index is 1.98. The number of hydrogen-bond donors (Lipinski definition) is 2. The van der Waals surface area contributed by atoms with Gasteiger partial charge >= 0.3 is 0 Å². The van der Waals surface area contributed by atoms with E-state index in [0.717, 1.165) is 11.3 Å². The first kappa shape index (κ1) is 16.7. The van der Waals surface area contributed by atoms with E-state index in [4.69, 9.17) is 17.0 Å². The van der Waals surface area contributed by atoms with E-state index in [-0.39, 0.29) is 11.7 Å². The third kappa shape index (κ3) is 4.65. The molecule has 1 unspecified atom stereocenters. The van der Waals surface area contributed by atoms with Crippen molar-refractivity contribution in [1.29, 1.82) is 0 Å². The van der Waals surface area contributed by atoms with Crippen LogP contribution in [-0.4, -0.2) is 17.1 Å². The number of anilines is 1. The van der Waals surface area contributed by atoms with Gasteiger partial charge in [0.05, 0.1) is 18.1 Å². The lowest BCUT2D eigenvalue weighted by Gasteiger charge is -2.17. The maximum absolute atomic E-state index is 10.8. The molecule has 0 aliphatic rings. The zero-order valence-electron chi connectivity index (χ0n) is 12.8. The van der Waals surface area contributed by atoms with Crippen molar-refractivity contribution >= 4 is 28.7 Å². The molecule has 0 aromatic heterocycles. The Labute approximate surface area is 139 Å². The van der Waals surface area contributed by atoms with Gasteiger partial charge in [-0.15, -0.1) is 0 Å². The van der Waals surface area contributed by atoms with Crippen LogP contribution in [-0.2, 0) is 0 Å². The number of thiocarbonyl (C=S) groups is 1. The maximum atomic E-state index is 10.8. The van der Waals surface area contributed by atoms with Crippen molar-refractivity contribution < 1.29 is 9.66 Å². The topological polar surface area (TPSA) is 76.4 Å². The van der Waals surface area contributed by atoms with Crippen molar-refractivity contribution in [3.8, 4) is 5.75 Å². The van der Waals surface area contributed by atoms with Crippen LogP contribution in [0.5, 0.6) is 5.75 Å². The molecule has 2 aromatic rings. The highest BCUT2D eigenvalue weighted by atomic mass is 32.1. The molecular formula is C16H17N3O3S. The second-order valence-electron chi connectivity index (χ2n) is 4.90. The number of nitrogens with one attached hydrogen (secondary N) is 2. The molecule has 7 heteroatoms. The Morgan fingerprint density at radius 2 is 1.96 bits per heavy atom. The second kappa shape index (κ2) is 7.55. The highest BCUT2D eigenvalue weighted by Crippen LogP contribution is 2.19. The van der Waals surface area contributed by atoms with Crippen molar-refractivity contribution in [2.45, 2.75) is 13.0 Å². The molecule has 2 N–H and O–H groups in total. The lowest BCUT2D eigenvalue weighted by molar-refractivity contribution is -0.384. The lowest BCUT2D eigenvalue weighted by atomic mass is 10.1. The standard InChI is InChI=1S/C16H17N3O3S/c1-11(12-6-8-15(22-2)9-7-12)17-16(23)18-13-4-3-5-14(10-13)19(20)21/h3-11H,1-2H3,(H2,17,18,23).